The molecule has 1 aliphatic heterocycles. The van der Waals surface area contributed by atoms with Gasteiger partial charge in [0.15, 0.2) is 0 Å². The fourth-order valence-corrected chi connectivity index (χ4v) is 2.24. The number of hydrogen-bond donors (Lipinski definition) is 2. The molecule has 1 aromatic heterocycles. The Labute approximate surface area is 114 Å². The average molecular weight is 262 g/mol. The van der Waals surface area contributed by atoms with Crippen LogP contribution in [0.4, 0.5) is 5.69 Å². The van der Waals surface area contributed by atoms with E-state index in [1.807, 2.05) is 13.8 Å². The van der Waals surface area contributed by atoms with Gasteiger partial charge in [-0.15, -0.1) is 0 Å². The summed E-state index contributed by atoms with van der Waals surface area (Å²) in [6.45, 7) is 8.78. The van der Waals surface area contributed by atoms with Gasteiger partial charge < -0.3 is 10.6 Å². The van der Waals surface area contributed by atoms with E-state index in [1.54, 1.807) is 24.5 Å². The van der Waals surface area contributed by atoms with Crippen LogP contribution in [0, 0.1) is 5.41 Å². The van der Waals surface area contributed by atoms with E-state index in [4.69, 9.17) is 0 Å². The third-order valence-corrected chi connectivity index (χ3v) is 3.38. The standard InChI is InChI=1S/C14H22N4O/c1-14(2,11-18-9-7-16-8-10-18)13(19)17-12-3-5-15-6-4-12/h3-6,16H,7-11H2,1-2H3,(H,15,17,19). The van der Waals surface area contributed by atoms with Crippen LogP contribution >= 0.6 is 0 Å². The van der Waals surface area contributed by atoms with Crippen LogP contribution in [-0.4, -0.2) is 48.5 Å². The number of anilines is 1. The molecule has 1 fully saturated rings. The second kappa shape index (κ2) is 6.12. The first kappa shape index (κ1) is 14.0. The highest BCUT2D eigenvalue weighted by Crippen LogP contribution is 2.20. The number of carbonyl (C=O) groups excluding carboxylic acids is 1. The van der Waals surface area contributed by atoms with Crippen LogP contribution < -0.4 is 10.6 Å². The lowest BCUT2D eigenvalue weighted by Crippen LogP contribution is -2.49. The van der Waals surface area contributed by atoms with Crippen LogP contribution in [0.5, 0.6) is 0 Å². The molecule has 0 saturated carbocycles. The maximum Gasteiger partial charge on any atom is 0.231 e. The number of piperazine rings is 1. The summed E-state index contributed by atoms with van der Waals surface area (Å²) in [5.41, 5.74) is 0.397. The quantitative estimate of drug-likeness (QED) is 0.848. The number of nitrogens with one attached hydrogen (secondary N) is 2. The minimum Gasteiger partial charge on any atom is -0.325 e. The van der Waals surface area contributed by atoms with Crippen LogP contribution in [0.1, 0.15) is 13.8 Å². The van der Waals surface area contributed by atoms with Gasteiger partial charge >= 0.3 is 0 Å². The molecule has 104 valence electrons. The van der Waals surface area contributed by atoms with E-state index in [2.05, 4.69) is 20.5 Å². The van der Waals surface area contributed by atoms with Gasteiger partial charge in [-0.25, -0.2) is 0 Å². The van der Waals surface area contributed by atoms with Crippen LogP contribution in [-0.2, 0) is 4.79 Å². The number of nitrogens with zero attached hydrogens (tertiary/aromatic N) is 2. The molecule has 0 unspecified atom stereocenters. The first-order chi connectivity index (χ1) is 9.08. The van der Waals surface area contributed by atoms with E-state index in [0.29, 0.717) is 0 Å². The second-order valence-corrected chi connectivity index (χ2v) is 5.60. The summed E-state index contributed by atoms with van der Waals surface area (Å²) in [5.74, 6) is 0.0530. The van der Waals surface area contributed by atoms with Gasteiger partial charge in [-0.2, -0.15) is 0 Å². The highest BCUT2D eigenvalue weighted by Gasteiger charge is 2.30. The molecule has 2 heterocycles. The van der Waals surface area contributed by atoms with Crippen molar-refractivity contribution in [2.24, 2.45) is 5.41 Å². The number of rotatable bonds is 4. The van der Waals surface area contributed by atoms with Crippen molar-refractivity contribution in [2.75, 3.05) is 38.0 Å². The van der Waals surface area contributed by atoms with Gasteiger partial charge in [-0.3, -0.25) is 14.7 Å². The molecule has 0 atom stereocenters. The zero-order valence-electron chi connectivity index (χ0n) is 11.6. The molecule has 5 nitrogen and oxygen atoms in total. The Morgan fingerprint density at radius 3 is 2.63 bits per heavy atom. The van der Waals surface area contributed by atoms with Gasteiger partial charge in [-0.1, -0.05) is 0 Å². The van der Waals surface area contributed by atoms with E-state index in [0.717, 1.165) is 38.4 Å². The maximum atomic E-state index is 12.3. The van der Waals surface area contributed by atoms with Gasteiger partial charge in [0.2, 0.25) is 5.91 Å². The maximum absolute atomic E-state index is 12.3. The molecule has 1 saturated heterocycles. The summed E-state index contributed by atoms with van der Waals surface area (Å²) in [7, 11) is 0. The van der Waals surface area contributed by atoms with Gasteiger partial charge in [-0.05, 0) is 26.0 Å². The molecule has 0 aliphatic carbocycles. The van der Waals surface area contributed by atoms with Crippen molar-refractivity contribution in [1.82, 2.24) is 15.2 Å². The molecule has 0 bridgehead atoms. The number of carbonyl (C=O) groups is 1. The Balaban J connectivity index is 1.92. The Hall–Kier alpha value is -1.46. The smallest absolute Gasteiger partial charge is 0.231 e. The summed E-state index contributed by atoms with van der Waals surface area (Å²) < 4.78 is 0. The van der Waals surface area contributed by atoms with Crippen molar-refractivity contribution in [2.45, 2.75) is 13.8 Å². The lowest BCUT2D eigenvalue weighted by molar-refractivity contribution is -0.125. The fraction of sp³-hybridized carbons (Fsp3) is 0.571. The number of aromatic nitrogens is 1. The SMILES string of the molecule is CC(C)(CN1CCNCC1)C(=O)Nc1ccncc1. The normalized spacial score (nSPS) is 17.2. The van der Waals surface area contributed by atoms with Crippen LogP contribution in [0.15, 0.2) is 24.5 Å². The highest BCUT2D eigenvalue weighted by molar-refractivity contribution is 5.94. The van der Waals surface area contributed by atoms with Gasteiger partial charge in [0.25, 0.3) is 0 Å². The van der Waals surface area contributed by atoms with Crippen LogP contribution in [0.3, 0.4) is 0 Å². The average Bonchev–Trinajstić information content (AvgIpc) is 2.40. The monoisotopic (exact) mass is 262 g/mol. The summed E-state index contributed by atoms with van der Waals surface area (Å²) in [4.78, 5) is 18.6. The zero-order chi connectivity index (χ0) is 13.7. The predicted molar refractivity (Wildman–Crippen MR) is 76.0 cm³/mol. The van der Waals surface area contributed by atoms with E-state index in [1.165, 1.54) is 0 Å². The topological polar surface area (TPSA) is 57.3 Å². The lowest BCUT2D eigenvalue weighted by Gasteiger charge is -2.34. The largest absolute Gasteiger partial charge is 0.325 e. The third kappa shape index (κ3) is 4.01. The van der Waals surface area contributed by atoms with Crippen molar-refractivity contribution >= 4 is 11.6 Å². The van der Waals surface area contributed by atoms with Crippen molar-refractivity contribution in [3.8, 4) is 0 Å². The Morgan fingerprint density at radius 1 is 1.37 bits per heavy atom. The van der Waals surface area contributed by atoms with Crippen LogP contribution in [0.25, 0.3) is 0 Å². The van der Waals surface area contributed by atoms with Gasteiger partial charge in [0.1, 0.15) is 0 Å². The van der Waals surface area contributed by atoms with Gasteiger partial charge in [0.05, 0.1) is 5.41 Å². The minimum atomic E-state index is -0.402. The molecule has 5 heteroatoms. The fourth-order valence-electron chi connectivity index (χ4n) is 2.24. The molecule has 2 N–H and O–H groups in total. The molecular weight excluding hydrogens is 240 g/mol. The second-order valence-electron chi connectivity index (χ2n) is 5.60. The molecule has 1 aromatic rings. The van der Waals surface area contributed by atoms with E-state index < -0.39 is 5.41 Å². The molecular formula is C14H22N4O. The third-order valence-electron chi connectivity index (χ3n) is 3.38. The number of pyridine rings is 1. The number of amides is 1. The van der Waals surface area contributed by atoms with E-state index >= 15 is 0 Å². The Bertz CT molecular complexity index is 413. The van der Waals surface area contributed by atoms with E-state index in [9.17, 15) is 4.79 Å². The molecule has 19 heavy (non-hydrogen) atoms. The highest BCUT2D eigenvalue weighted by atomic mass is 16.2. The molecule has 0 radical (unpaired) electrons. The molecule has 1 aliphatic rings. The minimum absolute atomic E-state index is 0.0530. The summed E-state index contributed by atoms with van der Waals surface area (Å²) in [6, 6.07) is 3.61. The lowest BCUT2D eigenvalue weighted by atomic mass is 9.91. The summed E-state index contributed by atoms with van der Waals surface area (Å²) >= 11 is 0. The Kier molecular flexibility index (Phi) is 4.50. The molecule has 1 amide bonds. The first-order valence-electron chi connectivity index (χ1n) is 6.72. The summed E-state index contributed by atoms with van der Waals surface area (Å²) in [5, 5.41) is 6.27. The molecule has 0 aromatic carbocycles. The number of hydrogen-bond acceptors (Lipinski definition) is 4. The van der Waals surface area contributed by atoms with E-state index in [-0.39, 0.29) is 5.91 Å². The van der Waals surface area contributed by atoms with Crippen molar-refractivity contribution in [3.63, 3.8) is 0 Å². The van der Waals surface area contributed by atoms with Crippen molar-refractivity contribution < 1.29 is 4.79 Å². The van der Waals surface area contributed by atoms with Crippen LogP contribution in [0.2, 0.25) is 0 Å². The predicted octanol–water partition coefficient (Wildman–Crippen LogP) is 0.952. The van der Waals surface area contributed by atoms with Gasteiger partial charge in [0, 0.05) is 50.8 Å². The van der Waals surface area contributed by atoms with Crippen molar-refractivity contribution in [3.05, 3.63) is 24.5 Å². The van der Waals surface area contributed by atoms with Crippen molar-refractivity contribution in [1.29, 1.82) is 0 Å². The Morgan fingerprint density at radius 2 is 2.00 bits per heavy atom. The first-order valence-corrected chi connectivity index (χ1v) is 6.72. The zero-order valence-corrected chi connectivity index (χ0v) is 11.6. The summed E-state index contributed by atoms with van der Waals surface area (Å²) in [6.07, 6.45) is 3.36. The molecule has 2 rings (SSSR count). The molecule has 0 spiro atoms.